The molecule has 0 fully saturated rings. The van der Waals surface area contributed by atoms with Crippen molar-refractivity contribution in [3.63, 3.8) is 0 Å². The van der Waals surface area contributed by atoms with Gasteiger partial charge < -0.3 is 39.4 Å². The molecule has 12 nitrogen and oxygen atoms in total. The lowest BCUT2D eigenvalue weighted by Gasteiger charge is -2.27. The molecular formula is C28H28O12. The molecule has 0 aliphatic heterocycles. The quantitative estimate of drug-likeness (QED) is 0.248. The summed E-state index contributed by atoms with van der Waals surface area (Å²) in [5.41, 5.74) is -0.964. The SMILES string of the molecule is COC(=O)C[C@H](C1=C(O)C(=O)C([C@@H](CC(=O)OC)c2ccc(OC)c(O)c2)=C(O)C1=O)c1ccc(OC)c(O)c1. The van der Waals surface area contributed by atoms with Crippen molar-refractivity contribution in [1.29, 1.82) is 0 Å². The molecule has 4 N–H and O–H groups in total. The van der Waals surface area contributed by atoms with Crippen LogP contribution >= 0.6 is 0 Å². The van der Waals surface area contributed by atoms with Gasteiger partial charge >= 0.3 is 11.9 Å². The number of hydrogen-bond acceptors (Lipinski definition) is 12. The highest BCUT2D eigenvalue weighted by Crippen LogP contribution is 2.43. The van der Waals surface area contributed by atoms with Gasteiger partial charge in [0.25, 0.3) is 0 Å². The molecule has 212 valence electrons. The fraction of sp³-hybridized carbons (Fsp3) is 0.286. The lowest BCUT2D eigenvalue weighted by atomic mass is 9.76. The van der Waals surface area contributed by atoms with Gasteiger partial charge in [-0.15, -0.1) is 0 Å². The Morgan fingerprint density at radius 3 is 1.27 bits per heavy atom. The third kappa shape index (κ3) is 5.70. The summed E-state index contributed by atoms with van der Waals surface area (Å²) < 4.78 is 19.4. The van der Waals surface area contributed by atoms with E-state index < -0.39 is 70.8 Å². The van der Waals surface area contributed by atoms with E-state index in [1.165, 1.54) is 50.6 Å². The Bertz CT molecular complexity index is 1310. The fourth-order valence-corrected chi connectivity index (χ4v) is 4.48. The number of ketones is 2. The van der Waals surface area contributed by atoms with Crippen LogP contribution in [0.1, 0.15) is 35.8 Å². The van der Waals surface area contributed by atoms with E-state index in [1.807, 2.05) is 0 Å². The van der Waals surface area contributed by atoms with Gasteiger partial charge in [-0.25, -0.2) is 0 Å². The van der Waals surface area contributed by atoms with E-state index in [0.29, 0.717) is 0 Å². The van der Waals surface area contributed by atoms with Crippen LogP contribution in [0.15, 0.2) is 59.1 Å². The van der Waals surface area contributed by atoms with E-state index in [4.69, 9.17) is 18.9 Å². The fourth-order valence-electron chi connectivity index (χ4n) is 4.48. The second-order valence-corrected chi connectivity index (χ2v) is 8.71. The monoisotopic (exact) mass is 556 g/mol. The van der Waals surface area contributed by atoms with Crippen LogP contribution in [0.5, 0.6) is 23.0 Å². The average molecular weight is 557 g/mol. The van der Waals surface area contributed by atoms with Crippen LogP contribution in [0.3, 0.4) is 0 Å². The third-order valence-corrected chi connectivity index (χ3v) is 6.53. The number of allylic oxidation sites excluding steroid dienone is 2. The molecule has 0 saturated heterocycles. The zero-order valence-electron chi connectivity index (χ0n) is 22.1. The van der Waals surface area contributed by atoms with Crippen LogP contribution in [0.25, 0.3) is 0 Å². The van der Waals surface area contributed by atoms with Crippen molar-refractivity contribution in [2.45, 2.75) is 24.7 Å². The maximum atomic E-state index is 13.5. The van der Waals surface area contributed by atoms with Gasteiger partial charge in [-0.05, 0) is 35.4 Å². The molecular weight excluding hydrogens is 528 g/mol. The Balaban J connectivity index is 2.18. The summed E-state index contributed by atoms with van der Waals surface area (Å²) in [4.78, 5) is 51.6. The van der Waals surface area contributed by atoms with Gasteiger partial charge in [0.1, 0.15) is 0 Å². The molecule has 12 heteroatoms. The van der Waals surface area contributed by atoms with Crippen molar-refractivity contribution in [2.75, 3.05) is 28.4 Å². The van der Waals surface area contributed by atoms with Crippen molar-refractivity contribution in [1.82, 2.24) is 0 Å². The zero-order valence-corrected chi connectivity index (χ0v) is 22.1. The number of aromatic hydroxyl groups is 2. The molecule has 3 rings (SSSR count). The van der Waals surface area contributed by atoms with Crippen LogP contribution in [-0.4, -0.2) is 72.4 Å². The molecule has 0 saturated carbocycles. The maximum absolute atomic E-state index is 13.5. The molecule has 1 aliphatic carbocycles. The first-order chi connectivity index (χ1) is 19.0. The molecule has 0 bridgehead atoms. The number of aliphatic hydroxyl groups is 2. The minimum absolute atomic E-state index is 0.0863. The van der Waals surface area contributed by atoms with E-state index in [2.05, 4.69) is 0 Å². The maximum Gasteiger partial charge on any atom is 0.306 e. The first kappa shape index (κ1) is 29.6. The lowest BCUT2D eigenvalue weighted by molar-refractivity contribution is -0.142. The second-order valence-electron chi connectivity index (χ2n) is 8.71. The molecule has 2 aromatic rings. The number of rotatable bonds is 10. The predicted molar refractivity (Wildman–Crippen MR) is 137 cm³/mol. The van der Waals surface area contributed by atoms with Crippen LogP contribution in [-0.2, 0) is 28.7 Å². The number of phenolic OH excluding ortho intramolecular Hbond substituents is 2. The number of Topliss-reactive ketones (excluding diaryl/α,β-unsaturated/α-hetero) is 2. The molecule has 2 aromatic carbocycles. The van der Waals surface area contributed by atoms with E-state index in [0.717, 1.165) is 14.2 Å². The third-order valence-electron chi connectivity index (χ3n) is 6.53. The number of carbonyl (C=O) groups excluding carboxylic acids is 4. The highest BCUT2D eigenvalue weighted by Gasteiger charge is 2.43. The van der Waals surface area contributed by atoms with Crippen molar-refractivity contribution in [2.24, 2.45) is 0 Å². The second kappa shape index (κ2) is 12.2. The highest BCUT2D eigenvalue weighted by atomic mass is 16.5. The molecule has 0 radical (unpaired) electrons. The normalized spacial score (nSPS) is 15.0. The summed E-state index contributed by atoms with van der Waals surface area (Å²) in [7, 11) is 4.83. The van der Waals surface area contributed by atoms with E-state index >= 15 is 0 Å². The first-order valence-electron chi connectivity index (χ1n) is 11.8. The summed E-state index contributed by atoms with van der Waals surface area (Å²) in [6.45, 7) is 0. The minimum Gasteiger partial charge on any atom is -0.504 e. The van der Waals surface area contributed by atoms with Crippen LogP contribution < -0.4 is 9.47 Å². The number of carbonyl (C=O) groups is 4. The standard InChI is InChI=1S/C28H28O12/c1-37-19-7-5-13(9-17(19)29)15(11-21(31)39-3)23-25(33)27(35)24(28(36)26(23)34)16(12-22(32)40-4)14-6-8-20(38-2)18(30)10-14/h5-10,15-16,29-30,33,36H,11-12H2,1-4H3/t15-,16-/m0/s1. The molecule has 0 unspecified atom stereocenters. The Morgan fingerprint density at radius 2 is 1.00 bits per heavy atom. The van der Waals surface area contributed by atoms with Crippen LogP contribution in [0.2, 0.25) is 0 Å². The zero-order chi connectivity index (χ0) is 29.7. The molecule has 40 heavy (non-hydrogen) atoms. The summed E-state index contributed by atoms with van der Waals surface area (Å²) in [5, 5.41) is 42.6. The molecule has 0 aromatic heterocycles. The Labute approximate surface area is 228 Å². The highest BCUT2D eigenvalue weighted by molar-refractivity contribution is 6.24. The average Bonchev–Trinajstić information content (AvgIpc) is 2.94. The van der Waals surface area contributed by atoms with E-state index in [9.17, 15) is 39.6 Å². The largest absolute Gasteiger partial charge is 0.504 e. The van der Waals surface area contributed by atoms with Crippen molar-refractivity contribution in [3.8, 4) is 23.0 Å². The number of esters is 2. The van der Waals surface area contributed by atoms with Gasteiger partial charge in [0.2, 0.25) is 11.6 Å². The summed E-state index contributed by atoms with van der Waals surface area (Å²) in [5.74, 6) is -9.32. The molecule has 0 spiro atoms. The summed E-state index contributed by atoms with van der Waals surface area (Å²) >= 11 is 0. The predicted octanol–water partition coefficient (Wildman–Crippen LogP) is 2.88. The smallest absolute Gasteiger partial charge is 0.306 e. The van der Waals surface area contributed by atoms with Crippen LogP contribution in [0.4, 0.5) is 0 Å². The van der Waals surface area contributed by atoms with Gasteiger partial charge in [-0.1, -0.05) is 12.1 Å². The summed E-state index contributed by atoms with van der Waals surface area (Å²) in [6, 6.07) is 7.87. The topological polar surface area (TPSA) is 186 Å². The lowest BCUT2D eigenvalue weighted by Crippen LogP contribution is -2.31. The van der Waals surface area contributed by atoms with Crippen molar-refractivity contribution >= 4 is 23.5 Å². The molecule has 2 atom stereocenters. The Morgan fingerprint density at radius 1 is 0.650 bits per heavy atom. The number of benzene rings is 2. The minimum atomic E-state index is -1.33. The first-order valence-corrected chi connectivity index (χ1v) is 11.8. The van der Waals surface area contributed by atoms with Gasteiger partial charge in [0.15, 0.2) is 34.5 Å². The number of ether oxygens (including phenoxy) is 4. The van der Waals surface area contributed by atoms with E-state index in [1.54, 1.807) is 0 Å². The van der Waals surface area contributed by atoms with Crippen molar-refractivity contribution in [3.05, 3.63) is 70.2 Å². The molecule has 1 aliphatic rings. The van der Waals surface area contributed by atoms with Gasteiger partial charge in [0.05, 0.1) is 52.4 Å². The number of aliphatic hydroxyl groups excluding tert-OH is 2. The number of hydrogen-bond donors (Lipinski definition) is 4. The van der Waals surface area contributed by atoms with Crippen molar-refractivity contribution < 1.29 is 58.6 Å². The number of methoxy groups -OCH3 is 4. The van der Waals surface area contributed by atoms with Gasteiger partial charge in [-0.3, -0.25) is 19.2 Å². The molecule has 0 amide bonds. The number of phenols is 2. The Kier molecular flexibility index (Phi) is 9.04. The van der Waals surface area contributed by atoms with Gasteiger partial charge in [-0.2, -0.15) is 0 Å². The van der Waals surface area contributed by atoms with E-state index in [-0.39, 0.29) is 34.1 Å². The summed E-state index contributed by atoms with van der Waals surface area (Å²) in [6.07, 6.45) is -1.08. The Hall–Kier alpha value is -5.00. The van der Waals surface area contributed by atoms with Gasteiger partial charge in [0, 0.05) is 11.8 Å². The van der Waals surface area contributed by atoms with Crippen LogP contribution in [0, 0.1) is 0 Å². The molecule has 0 heterocycles.